The van der Waals surface area contributed by atoms with Gasteiger partial charge in [0.15, 0.2) is 5.96 Å². The molecule has 0 saturated heterocycles. The third kappa shape index (κ3) is 8.94. The van der Waals surface area contributed by atoms with Crippen LogP contribution in [0.25, 0.3) is 0 Å². The van der Waals surface area contributed by atoms with Gasteiger partial charge in [-0.05, 0) is 61.3 Å². The van der Waals surface area contributed by atoms with E-state index in [1.165, 1.54) is 0 Å². The lowest BCUT2D eigenvalue weighted by atomic mass is 10.2. The Balaban J connectivity index is 2.48. The number of amides is 1. The molecule has 1 aromatic rings. The fraction of sp³-hybridized carbons (Fsp3) is 0.556. The topological polar surface area (TPSA) is 84.0 Å². The van der Waals surface area contributed by atoms with Crippen LogP contribution in [0.1, 0.15) is 33.3 Å². The van der Waals surface area contributed by atoms with Crippen LogP contribution in [-0.4, -0.2) is 44.4 Å². The molecule has 0 aliphatic heterocycles. The fourth-order valence-corrected chi connectivity index (χ4v) is 2.57. The van der Waals surface area contributed by atoms with Gasteiger partial charge in [-0.1, -0.05) is 6.07 Å². The van der Waals surface area contributed by atoms with E-state index < -0.39 is 11.7 Å². The summed E-state index contributed by atoms with van der Waals surface area (Å²) in [5.41, 5.74) is 0.558. The van der Waals surface area contributed by atoms with Crippen molar-refractivity contribution >= 4 is 28.0 Å². The van der Waals surface area contributed by atoms with E-state index in [1.807, 2.05) is 45.9 Å². The van der Waals surface area contributed by atoms with Crippen molar-refractivity contribution in [2.24, 2.45) is 4.99 Å². The normalized spacial score (nSPS) is 11.7. The lowest BCUT2D eigenvalue weighted by Gasteiger charge is -2.19. The first kappa shape index (κ1) is 22.1. The SMILES string of the molecule is CCNC(=NCc1ccc(OC)c(Br)c1)NCCNC(=O)OC(C)(C)C. The van der Waals surface area contributed by atoms with Gasteiger partial charge in [-0.15, -0.1) is 0 Å². The average Bonchev–Trinajstić information content (AvgIpc) is 2.55. The third-order valence-electron chi connectivity index (χ3n) is 3.07. The van der Waals surface area contributed by atoms with Gasteiger partial charge < -0.3 is 25.4 Å². The van der Waals surface area contributed by atoms with Gasteiger partial charge in [-0.2, -0.15) is 0 Å². The van der Waals surface area contributed by atoms with Crippen molar-refractivity contribution in [2.75, 3.05) is 26.7 Å². The first-order valence-corrected chi connectivity index (χ1v) is 9.36. The number of methoxy groups -OCH3 is 1. The maximum absolute atomic E-state index is 11.6. The van der Waals surface area contributed by atoms with Crippen molar-refractivity contribution in [1.82, 2.24) is 16.0 Å². The molecule has 1 aromatic carbocycles. The fourth-order valence-electron chi connectivity index (χ4n) is 1.98. The first-order valence-electron chi connectivity index (χ1n) is 8.56. The molecule has 0 saturated carbocycles. The minimum atomic E-state index is -0.499. The zero-order valence-electron chi connectivity index (χ0n) is 16.1. The van der Waals surface area contributed by atoms with Gasteiger partial charge in [0.25, 0.3) is 0 Å². The Kier molecular flexibility index (Phi) is 9.26. The second kappa shape index (κ2) is 10.9. The number of carbonyl (C=O) groups excluding carboxylic acids is 1. The van der Waals surface area contributed by atoms with E-state index >= 15 is 0 Å². The molecule has 0 aliphatic rings. The van der Waals surface area contributed by atoms with Crippen molar-refractivity contribution in [3.05, 3.63) is 28.2 Å². The predicted molar refractivity (Wildman–Crippen MR) is 108 cm³/mol. The monoisotopic (exact) mass is 428 g/mol. The maximum atomic E-state index is 11.6. The number of ether oxygens (including phenoxy) is 2. The highest BCUT2D eigenvalue weighted by Gasteiger charge is 2.15. The van der Waals surface area contributed by atoms with Gasteiger partial charge in [0.1, 0.15) is 11.4 Å². The van der Waals surface area contributed by atoms with Crippen LogP contribution in [0.2, 0.25) is 0 Å². The Morgan fingerprint density at radius 1 is 1.19 bits per heavy atom. The number of guanidine groups is 1. The predicted octanol–water partition coefficient (Wildman–Crippen LogP) is 3.04. The second-order valence-corrected chi connectivity index (χ2v) is 7.37. The number of benzene rings is 1. The van der Waals surface area contributed by atoms with E-state index in [9.17, 15) is 4.79 Å². The molecule has 26 heavy (non-hydrogen) atoms. The van der Waals surface area contributed by atoms with Gasteiger partial charge in [-0.25, -0.2) is 9.79 Å². The molecule has 1 amide bonds. The Labute approximate surface area is 164 Å². The average molecular weight is 429 g/mol. The number of carbonyl (C=O) groups is 1. The molecule has 146 valence electrons. The van der Waals surface area contributed by atoms with E-state index in [4.69, 9.17) is 9.47 Å². The molecule has 0 atom stereocenters. The lowest BCUT2D eigenvalue weighted by Crippen LogP contribution is -2.42. The molecule has 0 heterocycles. The Morgan fingerprint density at radius 2 is 1.88 bits per heavy atom. The van der Waals surface area contributed by atoms with Crippen LogP contribution in [-0.2, 0) is 11.3 Å². The molecule has 0 bridgehead atoms. The summed E-state index contributed by atoms with van der Waals surface area (Å²) in [6, 6.07) is 5.86. The van der Waals surface area contributed by atoms with E-state index in [1.54, 1.807) is 7.11 Å². The molecule has 8 heteroatoms. The number of hydrogen-bond acceptors (Lipinski definition) is 4. The van der Waals surface area contributed by atoms with Crippen LogP contribution >= 0.6 is 15.9 Å². The minimum Gasteiger partial charge on any atom is -0.496 e. The van der Waals surface area contributed by atoms with Crippen LogP contribution < -0.4 is 20.7 Å². The summed E-state index contributed by atoms with van der Waals surface area (Å²) in [6.45, 7) is 9.74. The highest BCUT2D eigenvalue weighted by atomic mass is 79.9. The largest absolute Gasteiger partial charge is 0.496 e. The van der Waals surface area contributed by atoms with Gasteiger partial charge in [0.2, 0.25) is 0 Å². The first-order chi connectivity index (χ1) is 12.2. The number of aliphatic imine (C=N–C) groups is 1. The molecular formula is C18H29BrN4O3. The van der Waals surface area contributed by atoms with Crippen molar-refractivity contribution < 1.29 is 14.3 Å². The van der Waals surface area contributed by atoms with Gasteiger partial charge in [-0.3, -0.25) is 0 Å². The summed E-state index contributed by atoms with van der Waals surface area (Å²) >= 11 is 3.47. The molecule has 0 aromatic heterocycles. The van der Waals surface area contributed by atoms with Gasteiger partial charge in [0.05, 0.1) is 18.1 Å². The number of rotatable bonds is 7. The molecular weight excluding hydrogens is 400 g/mol. The number of halogens is 1. The Bertz CT molecular complexity index is 615. The van der Waals surface area contributed by atoms with Crippen LogP contribution in [0, 0.1) is 0 Å². The second-order valence-electron chi connectivity index (χ2n) is 6.52. The molecule has 0 unspecified atom stereocenters. The summed E-state index contributed by atoms with van der Waals surface area (Å²) in [5, 5.41) is 9.06. The zero-order valence-corrected chi connectivity index (χ0v) is 17.7. The molecule has 1 rings (SSSR count). The van der Waals surface area contributed by atoms with Gasteiger partial charge in [0, 0.05) is 19.6 Å². The summed E-state index contributed by atoms with van der Waals surface area (Å²) in [5.74, 6) is 1.47. The Hall–Kier alpha value is -1.96. The minimum absolute atomic E-state index is 0.427. The quantitative estimate of drug-likeness (QED) is 0.353. The van der Waals surface area contributed by atoms with Crippen LogP contribution in [0.4, 0.5) is 4.79 Å². The molecule has 0 radical (unpaired) electrons. The number of hydrogen-bond donors (Lipinski definition) is 3. The van der Waals surface area contributed by atoms with E-state index in [0.717, 1.165) is 22.3 Å². The molecule has 7 nitrogen and oxygen atoms in total. The van der Waals surface area contributed by atoms with Gasteiger partial charge >= 0.3 is 6.09 Å². The number of nitrogens with zero attached hydrogens (tertiary/aromatic N) is 1. The maximum Gasteiger partial charge on any atom is 0.407 e. The lowest BCUT2D eigenvalue weighted by molar-refractivity contribution is 0.0529. The summed E-state index contributed by atoms with van der Waals surface area (Å²) in [6.07, 6.45) is -0.427. The van der Waals surface area contributed by atoms with Crippen molar-refractivity contribution in [3.63, 3.8) is 0 Å². The number of nitrogens with one attached hydrogen (secondary N) is 3. The standard InChI is InChI=1S/C18H29BrN4O3/c1-6-20-16(21-9-10-22-17(24)26-18(2,3)4)23-12-13-7-8-15(25-5)14(19)11-13/h7-8,11H,6,9-10,12H2,1-5H3,(H,22,24)(H2,20,21,23). The molecule has 0 aliphatic carbocycles. The number of alkyl carbamates (subject to hydrolysis) is 1. The molecule has 0 spiro atoms. The summed E-state index contributed by atoms with van der Waals surface area (Å²) in [4.78, 5) is 16.1. The van der Waals surface area contributed by atoms with Crippen molar-refractivity contribution in [1.29, 1.82) is 0 Å². The molecule has 0 fully saturated rings. The van der Waals surface area contributed by atoms with Crippen LogP contribution in [0.5, 0.6) is 5.75 Å². The zero-order chi connectivity index (χ0) is 19.6. The van der Waals surface area contributed by atoms with Crippen molar-refractivity contribution in [2.45, 2.75) is 39.8 Å². The van der Waals surface area contributed by atoms with E-state index in [2.05, 4.69) is 36.9 Å². The van der Waals surface area contributed by atoms with E-state index in [0.29, 0.717) is 25.6 Å². The molecule has 3 N–H and O–H groups in total. The Morgan fingerprint density at radius 3 is 2.46 bits per heavy atom. The third-order valence-corrected chi connectivity index (χ3v) is 3.69. The van der Waals surface area contributed by atoms with E-state index in [-0.39, 0.29) is 0 Å². The summed E-state index contributed by atoms with van der Waals surface area (Å²) in [7, 11) is 1.64. The highest BCUT2D eigenvalue weighted by Crippen LogP contribution is 2.25. The smallest absolute Gasteiger partial charge is 0.407 e. The van der Waals surface area contributed by atoms with Crippen molar-refractivity contribution in [3.8, 4) is 5.75 Å². The highest BCUT2D eigenvalue weighted by molar-refractivity contribution is 9.10. The summed E-state index contributed by atoms with van der Waals surface area (Å²) < 4.78 is 11.3. The van der Waals surface area contributed by atoms with Crippen LogP contribution in [0.15, 0.2) is 27.7 Å². The van der Waals surface area contributed by atoms with Crippen LogP contribution in [0.3, 0.4) is 0 Å².